The molecule has 2 aromatic carbocycles. The molecule has 2 aliphatic rings. The lowest BCUT2D eigenvalue weighted by Crippen LogP contribution is -2.48. The van der Waals surface area contributed by atoms with Crippen LogP contribution in [0.5, 0.6) is 17.2 Å². The van der Waals surface area contributed by atoms with Crippen LogP contribution in [0.4, 0.5) is 4.39 Å². The number of hydrogen-bond donors (Lipinski definition) is 2. The standard InChI is InChI=1S/C28H30FN3O7/c1-15-19-7-9-22(36-2)26(37-3)25(19)39-24(15)28(35)32-17-5-6-18(32)14-31-27(34)20-12-16(29)4-8-21(20)38-11-10-30-23(33)13-17/h4,7-9,12,17-18H,5-6,10-11,13-14H2,1-3H3,(H,30,33)(H,31,34)/t17-,18+/m0/s1. The number of methoxy groups -OCH3 is 2. The van der Waals surface area contributed by atoms with Gasteiger partial charge in [0.25, 0.3) is 11.8 Å². The van der Waals surface area contributed by atoms with Gasteiger partial charge in [0.15, 0.2) is 17.1 Å². The molecule has 3 aromatic rings. The predicted octanol–water partition coefficient (Wildman–Crippen LogP) is 3.20. The summed E-state index contributed by atoms with van der Waals surface area (Å²) in [5.41, 5.74) is 1.06. The van der Waals surface area contributed by atoms with Gasteiger partial charge in [-0.05, 0) is 50.1 Å². The minimum Gasteiger partial charge on any atom is -0.493 e. The number of rotatable bonds is 3. The van der Waals surface area contributed by atoms with E-state index in [2.05, 4.69) is 10.6 Å². The number of amides is 3. The van der Waals surface area contributed by atoms with Crippen LogP contribution in [-0.2, 0) is 4.79 Å². The first kappa shape index (κ1) is 26.3. The molecule has 0 spiro atoms. The molecule has 11 heteroatoms. The molecular formula is C28H30FN3O7. The fraction of sp³-hybridized carbons (Fsp3) is 0.393. The van der Waals surface area contributed by atoms with E-state index in [9.17, 15) is 18.8 Å². The zero-order valence-electron chi connectivity index (χ0n) is 22.0. The van der Waals surface area contributed by atoms with Gasteiger partial charge in [-0.25, -0.2) is 4.39 Å². The second-order valence-electron chi connectivity index (χ2n) is 9.58. The summed E-state index contributed by atoms with van der Waals surface area (Å²) in [4.78, 5) is 41.5. The highest BCUT2D eigenvalue weighted by Crippen LogP contribution is 2.40. The van der Waals surface area contributed by atoms with Crippen LogP contribution in [0, 0.1) is 12.7 Å². The van der Waals surface area contributed by atoms with Gasteiger partial charge < -0.3 is 34.2 Å². The van der Waals surface area contributed by atoms with E-state index in [-0.39, 0.29) is 55.0 Å². The number of carbonyl (C=O) groups excluding carboxylic acids is 3. The second kappa shape index (κ2) is 10.8. The first-order valence-electron chi connectivity index (χ1n) is 12.8. The van der Waals surface area contributed by atoms with Crippen molar-refractivity contribution in [3.8, 4) is 17.2 Å². The minimum atomic E-state index is -0.577. The summed E-state index contributed by atoms with van der Waals surface area (Å²) in [5.74, 6) is -0.527. The SMILES string of the molecule is COc1ccc2c(C)c(C(=O)N3[C@@H]4CC[C@H]3CC(=O)NCCOc3ccc(F)cc3C(=O)NC4)oc2c1OC. The van der Waals surface area contributed by atoms with Crippen LogP contribution in [0.15, 0.2) is 34.7 Å². The van der Waals surface area contributed by atoms with Crippen LogP contribution in [0.3, 0.4) is 0 Å². The third-order valence-corrected chi connectivity index (χ3v) is 7.28. The van der Waals surface area contributed by atoms with Crippen molar-refractivity contribution < 1.29 is 37.4 Å². The van der Waals surface area contributed by atoms with Crippen molar-refractivity contribution in [1.82, 2.24) is 15.5 Å². The predicted molar refractivity (Wildman–Crippen MR) is 139 cm³/mol. The van der Waals surface area contributed by atoms with E-state index in [1.807, 2.05) is 0 Å². The Morgan fingerprint density at radius 2 is 1.87 bits per heavy atom. The Balaban J connectivity index is 1.49. The van der Waals surface area contributed by atoms with Gasteiger partial charge in [-0.1, -0.05) is 0 Å². The lowest BCUT2D eigenvalue weighted by Gasteiger charge is -2.30. The largest absolute Gasteiger partial charge is 0.493 e. The molecule has 1 aromatic heterocycles. The zero-order valence-corrected chi connectivity index (χ0v) is 22.0. The summed E-state index contributed by atoms with van der Waals surface area (Å²) < 4.78 is 36.5. The minimum absolute atomic E-state index is 0.0416. The topological polar surface area (TPSA) is 119 Å². The van der Waals surface area contributed by atoms with Crippen molar-refractivity contribution >= 4 is 28.7 Å². The Morgan fingerprint density at radius 3 is 2.64 bits per heavy atom. The molecule has 0 aliphatic carbocycles. The number of halogens is 1. The van der Waals surface area contributed by atoms with E-state index >= 15 is 0 Å². The summed E-state index contributed by atoms with van der Waals surface area (Å²) in [6.45, 7) is 2.18. The van der Waals surface area contributed by atoms with Gasteiger partial charge in [-0.15, -0.1) is 0 Å². The van der Waals surface area contributed by atoms with Crippen LogP contribution < -0.4 is 24.8 Å². The van der Waals surface area contributed by atoms with Crippen LogP contribution in [0.1, 0.15) is 45.7 Å². The molecular weight excluding hydrogens is 509 g/mol. The van der Waals surface area contributed by atoms with Crippen LogP contribution in [-0.4, -0.2) is 68.6 Å². The maximum absolute atomic E-state index is 14.0. The number of ether oxygens (including phenoxy) is 3. The summed E-state index contributed by atoms with van der Waals surface area (Å²) in [6.07, 6.45) is 1.22. The molecule has 2 atom stereocenters. The number of carbonyl (C=O) groups is 3. The van der Waals surface area contributed by atoms with Gasteiger partial charge in [0.1, 0.15) is 18.2 Å². The van der Waals surface area contributed by atoms with Crippen molar-refractivity contribution in [1.29, 1.82) is 0 Å². The lowest BCUT2D eigenvalue weighted by molar-refractivity contribution is -0.122. The number of hydrogen-bond acceptors (Lipinski definition) is 7. The quantitative estimate of drug-likeness (QED) is 0.525. The number of benzene rings is 2. The van der Waals surface area contributed by atoms with Crippen molar-refractivity contribution in [2.75, 3.05) is 33.9 Å². The monoisotopic (exact) mass is 539 g/mol. The van der Waals surface area contributed by atoms with E-state index in [0.717, 1.165) is 6.07 Å². The average molecular weight is 540 g/mol. The van der Waals surface area contributed by atoms with E-state index in [1.165, 1.54) is 26.4 Å². The van der Waals surface area contributed by atoms with Gasteiger partial charge in [0, 0.05) is 36.0 Å². The molecule has 0 saturated carbocycles. The third kappa shape index (κ3) is 4.96. The highest BCUT2D eigenvalue weighted by molar-refractivity contribution is 6.01. The Kier molecular flexibility index (Phi) is 7.32. The second-order valence-corrected chi connectivity index (χ2v) is 9.58. The van der Waals surface area contributed by atoms with Crippen LogP contribution in [0.25, 0.3) is 11.0 Å². The molecule has 3 heterocycles. The molecule has 1 saturated heterocycles. The van der Waals surface area contributed by atoms with Crippen molar-refractivity contribution in [2.45, 2.75) is 38.3 Å². The van der Waals surface area contributed by atoms with Gasteiger partial charge in [-0.3, -0.25) is 14.4 Å². The Labute approximate surface area is 224 Å². The smallest absolute Gasteiger partial charge is 0.290 e. The fourth-order valence-corrected chi connectivity index (χ4v) is 5.36. The number of aryl methyl sites for hydroxylation is 1. The Bertz CT molecular complexity index is 1440. The number of nitrogens with one attached hydrogen (secondary N) is 2. The van der Waals surface area contributed by atoms with E-state index in [4.69, 9.17) is 18.6 Å². The van der Waals surface area contributed by atoms with E-state index in [1.54, 1.807) is 24.0 Å². The van der Waals surface area contributed by atoms with E-state index in [0.29, 0.717) is 40.9 Å². The molecule has 3 amide bonds. The molecule has 10 nitrogen and oxygen atoms in total. The summed E-state index contributed by atoms with van der Waals surface area (Å²) in [6, 6.07) is 6.42. The van der Waals surface area contributed by atoms with Crippen molar-refractivity contribution in [3.05, 3.63) is 53.0 Å². The van der Waals surface area contributed by atoms with Gasteiger partial charge >= 0.3 is 0 Å². The Morgan fingerprint density at radius 1 is 1.08 bits per heavy atom. The molecule has 2 bridgehead atoms. The average Bonchev–Trinajstić information content (AvgIpc) is 3.49. The van der Waals surface area contributed by atoms with Gasteiger partial charge in [0.2, 0.25) is 11.7 Å². The molecule has 2 N–H and O–H groups in total. The van der Waals surface area contributed by atoms with Gasteiger partial charge in [0.05, 0.1) is 26.3 Å². The molecule has 39 heavy (non-hydrogen) atoms. The maximum Gasteiger partial charge on any atom is 0.290 e. The van der Waals surface area contributed by atoms with Crippen molar-refractivity contribution in [3.63, 3.8) is 0 Å². The normalized spacial score (nSPS) is 19.9. The molecule has 0 radical (unpaired) electrons. The highest BCUT2D eigenvalue weighted by atomic mass is 19.1. The highest BCUT2D eigenvalue weighted by Gasteiger charge is 2.40. The zero-order chi connectivity index (χ0) is 27.7. The molecule has 0 unspecified atom stereocenters. The van der Waals surface area contributed by atoms with E-state index < -0.39 is 23.8 Å². The third-order valence-electron chi connectivity index (χ3n) is 7.28. The maximum atomic E-state index is 14.0. The molecule has 206 valence electrons. The lowest BCUT2D eigenvalue weighted by atomic mass is 10.1. The summed E-state index contributed by atoms with van der Waals surface area (Å²) in [7, 11) is 3.01. The summed E-state index contributed by atoms with van der Waals surface area (Å²) >= 11 is 0. The first-order chi connectivity index (χ1) is 18.8. The van der Waals surface area contributed by atoms with Gasteiger partial charge in [-0.2, -0.15) is 0 Å². The number of fused-ring (bicyclic) bond motifs is 4. The van der Waals surface area contributed by atoms with Crippen LogP contribution in [0.2, 0.25) is 0 Å². The fourth-order valence-electron chi connectivity index (χ4n) is 5.36. The summed E-state index contributed by atoms with van der Waals surface area (Å²) in [5, 5.41) is 6.33. The Hall–Kier alpha value is -4.28. The van der Waals surface area contributed by atoms with Crippen LogP contribution >= 0.6 is 0 Å². The molecule has 1 fully saturated rings. The molecule has 5 rings (SSSR count). The number of nitrogens with zero attached hydrogens (tertiary/aromatic N) is 1. The van der Waals surface area contributed by atoms with Crippen molar-refractivity contribution in [2.24, 2.45) is 0 Å². The first-order valence-corrected chi connectivity index (χ1v) is 12.8. The molecule has 2 aliphatic heterocycles. The number of furan rings is 1.